The van der Waals surface area contributed by atoms with Crippen molar-refractivity contribution < 1.29 is 22.7 Å². The van der Waals surface area contributed by atoms with Crippen molar-refractivity contribution in [1.82, 2.24) is 14.9 Å². The average Bonchev–Trinajstić information content (AvgIpc) is 3.47. The highest BCUT2D eigenvalue weighted by molar-refractivity contribution is 6.32. The van der Waals surface area contributed by atoms with E-state index in [0.29, 0.717) is 61.3 Å². The number of anilines is 1. The third kappa shape index (κ3) is 4.84. The zero-order valence-electron chi connectivity index (χ0n) is 19.2. The van der Waals surface area contributed by atoms with Crippen LogP contribution in [0.1, 0.15) is 30.4 Å². The van der Waals surface area contributed by atoms with Gasteiger partial charge in [0.15, 0.2) is 0 Å². The molecule has 3 aromatic rings. The van der Waals surface area contributed by atoms with Gasteiger partial charge in [-0.2, -0.15) is 13.2 Å². The monoisotopic (exact) mass is 506 g/mol. The molecule has 6 nitrogen and oxygen atoms in total. The van der Waals surface area contributed by atoms with Crippen molar-refractivity contribution in [3.8, 4) is 5.69 Å². The molecule has 35 heavy (non-hydrogen) atoms. The third-order valence-electron chi connectivity index (χ3n) is 6.79. The van der Waals surface area contributed by atoms with Gasteiger partial charge >= 0.3 is 6.18 Å². The molecule has 0 spiro atoms. The molecule has 3 heterocycles. The van der Waals surface area contributed by atoms with Crippen molar-refractivity contribution in [3.05, 3.63) is 52.5 Å². The second kappa shape index (κ2) is 9.35. The van der Waals surface area contributed by atoms with E-state index in [-0.39, 0.29) is 17.9 Å². The van der Waals surface area contributed by atoms with E-state index in [1.165, 1.54) is 12.1 Å². The maximum atomic E-state index is 13.1. The minimum Gasteiger partial charge on any atom is -0.379 e. The first-order chi connectivity index (χ1) is 16.7. The number of aryl methyl sites for hydroxylation is 1. The highest BCUT2D eigenvalue weighted by atomic mass is 35.5. The number of nitrogens with one attached hydrogen (secondary N) is 1. The Morgan fingerprint density at radius 1 is 1.14 bits per heavy atom. The number of benzene rings is 2. The van der Waals surface area contributed by atoms with Crippen LogP contribution in [0.25, 0.3) is 16.7 Å². The van der Waals surface area contributed by atoms with E-state index in [9.17, 15) is 18.0 Å². The van der Waals surface area contributed by atoms with E-state index in [4.69, 9.17) is 21.3 Å². The number of imidazole rings is 1. The van der Waals surface area contributed by atoms with Crippen LogP contribution < -0.4 is 10.2 Å². The summed E-state index contributed by atoms with van der Waals surface area (Å²) in [6.45, 7) is 4.33. The molecular formula is C25H26ClF3N4O2. The van der Waals surface area contributed by atoms with Crippen LogP contribution in [0.4, 0.5) is 19.1 Å². The number of carbonyl (C=O) groups excluding carboxylic acids is 1. The molecule has 1 atom stereocenters. The molecule has 1 amide bonds. The fraction of sp³-hybridized carbons (Fsp3) is 0.440. The lowest BCUT2D eigenvalue weighted by Crippen LogP contribution is -2.44. The van der Waals surface area contributed by atoms with Crippen molar-refractivity contribution >= 4 is 34.5 Å². The SMILES string of the molecule is Cc1cc2c(cc1Cl)nc(N1CCC(C(=O)N[C@@H]3CCOC3)CC1)n2-c1ccc(C(F)(F)F)cc1. The first-order valence-corrected chi connectivity index (χ1v) is 12.1. The second-order valence-electron chi connectivity index (χ2n) is 9.21. The van der Waals surface area contributed by atoms with Crippen molar-refractivity contribution in [2.75, 3.05) is 31.2 Å². The molecule has 5 rings (SSSR count). The molecule has 186 valence electrons. The van der Waals surface area contributed by atoms with Gasteiger partial charge in [-0.25, -0.2) is 4.98 Å². The summed E-state index contributed by atoms with van der Waals surface area (Å²) in [6.07, 6.45) is -2.25. The summed E-state index contributed by atoms with van der Waals surface area (Å²) >= 11 is 6.33. The Hall–Kier alpha value is -2.78. The molecule has 0 radical (unpaired) electrons. The van der Waals surface area contributed by atoms with Crippen LogP contribution in [-0.2, 0) is 15.7 Å². The predicted molar refractivity (Wildman–Crippen MR) is 128 cm³/mol. The van der Waals surface area contributed by atoms with Crippen LogP contribution in [0, 0.1) is 12.8 Å². The van der Waals surface area contributed by atoms with E-state index < -0.39 is 11.7 Å². The van der Waals surface area contributed by atoms with Gasteiger partial charge in [-0.15, -0.1) is 0 Å². The maximum Gasteiger partial charge on any atom is 0.416 e. The van der Waals surface area contributed by atoms with Gasteiger partial charge < -0.3 is 15.0 Å². The minimum atomic E-state index is -4.41. The Morgan fingerprint density at radius 3 is 2.49 bits per heavy atom. The zero-order valence-corrected chi connectivity index (χ0v) is 20.0. The van der Waals surface area contributed by atoms with E-state index in [2.05, 4.69) is 10.2 Å². The first kappa shape index (κ1) is 23.9. The second-order valence-corrected chi connectivity index (χ2v) is 9.62. The molecule has 0 aliphatic carbocycles. The molecule has 2 saturated heterocycles. The van der Waals surface area contributed by atoms with Gasteiger partial charge in [-0.3, -0.25) is 9.36 Å². The van der Waals surface area contributed by atoms with E-state index in [1.807, 2.05) is 17.6 Å². The van der Waals surface area contributed by atoms with Crippen molar-refractivity contribution in [2.24, 2.45) is 5.92 Å². The Labute approximate surface area is 206 Å². The van der Waals surface area contributed by atoms with Crippen LogP contribution in [0.15, 0.2) is 36.4 Å². The van der Waals surface area contributed by atoms with E-state index in [0.717, 1.165) is 29.6 Å². The summed E-state index contributed by atoms with van der Waals surface area (Å²) in [5, 5.41) is 3.66. The van der Waals surface area contributed by atoms with Gasteiger partial charge in [0.05, 0.1) is 29.2 Å². The number of ether oxygens (including phenoxy) is 1. The molecule has 0 unspecified atom stereocenters. The molecule has 0 saturated carbocycles. The van der Waals surface area contributed by atoms with Gasteiger partial charge in [0, 0.05) is 36.3 Å². The molecule has 1 N–H and O–H groups in total. The number of halogens is 4. The van der Waals surface area contributed by atoms with Gasteiger partial charge in [-0.1, -0.05) is 11.6 Å². The highest BCUT2D eigenvalue weighted by Gasteiger charge is 2.32. The number of hydrogen-bond acceptors (Lipinski definition) is 4. The quantitative estimate of drug-likeness (QED) is 0.533. The number of nitrogens with zero attached hydrogens (tertiary/aromatic N) is 3. The van der Waals surface area contributed by atoms with Crippen LogP contribution >= 0.6 is 11.6 Å². The Balaban J connectivity index is 1.43. The number of aromatic nitrogens is 2. The lowest BCUT2D eigenvalue weighted by atomic mass is 9.95. The lowest BCUT2D eigenvalue weighted by molar-refractivity contribution is -0.137. The summed E-state index contributed by atoms with van der Waals surface area (Å²) in [7, 11) is 0. The molecule has 2 aromatic carbocycles. The summed E-state index contributed by atoms with van der Waals surface area (Å²) in [6, 6.07) is 8.84. The van der Waals surface area contributed by atoms with Gasteiger partial charge in [0.2, 0.25) is 11.9 Å². The first-order valence-electron chi connectivity index (χ1n) is 11.7. The molecule has 2 aliphatic heterocycles. The van der Waals surface area contributed by atoms with Gasteiger partial charge in [0.1, 0.15) is 0 Å². The minimum absolute atomic E-state index is 0.0544. The molecule has 1 aromatic heterocycles. The number of alkyl halides is 3. The fourth-order valence-corrected chi connectivity index (χ4v) is 4.92. The highest BCUT2D eigenvalue weighted by Crippen LogP contribution is 2.34. The topological polar surface area (TPSA) is 59.4 Å². The zero-order chi connectivity index (χ0) is 24.7. The summed E-state index contributed by atoms with van der Waals surface area (Å²) in [5.41, 5.74) is 2.16. The van der Waals surface area contributed by atoms with Crippen LogP contribution in [0.5, 0.6) is 0 Å². The van der Waals surface area contributed by atoms with E-state index >= 15 is 0 Å². The summed E-state index contributed by atoms with van der Waals surface area (Å²) in [4.78, 5) is 19.6. The lowest BCUT2D eigenvalue weighted by Gasteiger charge is -2.32. The van der Waals surface area contributed by atoms with Crippen LogP contribution in [0.2, 0.25) is 5.02 Å². The molecule has 0 bridgehead atoms. The number of carbonyl (C=O) groups is 1. The van der Waals surface area contributed by atoms with Gasteiger partial charge in [-0.05, 0) is 68.1 Å². The van der Waals surface area contributed by atoms with Crippen molar-refractivity contribution in [1.29, 1.82) is 0 Å². The molecule has 2 fully saturated rings. The third-order valence-corrected chi connectivity index (χ3v) is 7.20. The fourth-order valence-electron chi connectivity index (χ4n) is 4.77. The van der Waals surface area contributed by atoms with Gasteiger partial charge in [0.25, 0.3) is 0 Å². The Morgan fingerprint density at radius 2 is 1.86 bits per heavy atom. The summed E-state index contributed by atoms with van der Waals surface area (Å²) in [5.74, 6) is 0.593. The number of fused-ring (bicyclic) bond motifs is 1. The van der Waals surface area contributed by atoms with Crippen molar-refractivity contribution in [2.45, 2.75) is 38.4 Å². The van der Waals surface area contributed by atoms with Crippen LogP contribution in [0.3, 0.4) is 0 Å². The number of piperidine rings is 1. The predicted octanol–water partition coefficient (Wildman–Crippen LogP) is 5.13. The normalized spacial score (nSPS) is 19.5. The smallest absolute Gasteiger partial charge is 0.379 e. The van der Waals surface area contributed by atoms with Crippen molar-refractivity contribution in [3.63, 3.8) is 0 Å². The molecule has 10 heteroatoms. The number of amides is 1. The number of rotatable bonds is 4. The largest absolute Gasteiger partial charge is 0.416 e. The summed E-state index contributed by atoms with van der Waals surface area (Å²) < 4.78 is 46.6. The molecule has 2 aliphatic rings. The standard InChI is InChI=1S/C25H26ClF3N4O2/c1-15-12-22-21(13-20(15)26)31-24(33(22)19-4-2-17(3-5-19)25(27,28)29)32-9-6-16(7-10-32)23(34)30-18-8-11-35-14-18/h2-5,12-13,16,18H,6-11,14H2,1H3,(H,30,34)/t18-/m1/s1. The average molecular weight is 507 g/mol. The molecular weight excluding hydrogens is 481 g/mol. The van der Waals surface area contributed by atoms with E-state index in [1.54, 1.807) is 6.07 Å². The van der Waals surface area contributed by atoms with Crippen LogP contribution in [-0.4, -0.2) is 47.8 Å². The number of hydrogen-bond donors (Lipinski definition) is 1. The Kier molecular flexibility index (Phi) is 6.40. The Bertz CT molecular complexity index is 1230. The maximum absolute atomic E-state index is 13.1.